The third kappa shape index (κ3) is 9.03. The molecular formula is C7H14N6S2. The van der Waals surface area contributed by atoms with E-state index in [2.05, 4.69) is 31.7 Å². The van der Waals surface area contributed by atoms with Gasteiger partial charge >= 0.3 is 0 Å². The van der Waals surface area contributed by atoms with E-state index in [0.29, 0.717) is 10.2 Å². The molecule has 0 fully saturated rings. The van der Waals surface area contributed by atoms with Crippen molar-refractivity contribution in [2.24, 2.45) is 10.2 Å². The number of thiocarbonyl (C=S) groups is 2. The Balaban J connectivity index is 3.61. The lowest BCUT2D eigenvalue weighted by Gasteiger charge is -2.01. The van der Waals surface area contributed by atoms with Crippen LogP contribution in [0.5, 0.6) is 0 Å². The van der Waals surface area contributed by atoms with Crippen molar-refractivity contribution >= 4 is 47.1 Å². The molecule has 84 valence electrons. The Morgan fingerprint density at radius 2 is 1.67 bits per heavy atom. The van der Waals surface area contributed by atoms with Gasteiger partial charge in [-0.25, -0.2) is 0 Å². The molecule has 0 aromatic heterocycles. The normalized spacial score (nSPS) is 10.3. The van der Waals surface area contributed by atoms with Gasteiger partial charge in [0.2, 0.25) is 0 Å². The van der Waals surface area contributed by atoms with E-state index in [-0.39, 0.29) is 0 Å². The second-order valence-electron chi connectivity index (χ2n) is 2.22. The number of nitrogens with zero attached hydrogens (tertiary/aromatic N) is 2. The quantitative estimate of drug-likeness (QED) is 0.305. The van der Waals surface area contributed by atoms with Gasteiger partial charge in [0.1, 0.15) is 0 Å². The fourth-order valence-corrected chi connectivity index (χ4v) is 0.764. The van der Waals surface area contributed by atoms with Crippen molar-refractivity contribution in [3.05, 3.63) is 0 Å². The summed E-state index contributed by atoms with van der Waals surface area (Å²) in [6.07, 6.45) is 2.90. The summed E-state index contributed by atoms with van der Waals surface area (Å²) in [6, 6.07) is 0. The fourth-order valence-electron chi connectivity index (χ4n) is 0.514. The molecule has 0 spiro atoms. The van der Waals surface area contributed by atoms with E-state index in [0.717, 1.165) is 6.54 Å². The number of nitrogens with one attached hydrogen (secondary N) is 4. The molecule has 0 aliphatic carbocycles. The lowest BCUT2D eigenvalue weighted by Crippen LogP contribution is -2.31. The Labute approximate surface area is 99.6 Å². The molecule has 6 nitrogen and oxygen atoms in total. The first-order chi connectivity index (χ1) is 7.20. The first-order valence-electron chi connectivity index (χ1n) is 4.27. The minimum atomic E-state index is 0.441. The Morgan fingerprint density at radius 1 is 1.13 bits per heavy atom. The van der Waals surface area contributed by atoms with E-state index >= 15 is 0 Å². The predicted molar refractivity (Wildman–Crippen MR) is 71.2 cm³/mol. The Kier molecular flexibility index (Phi) is 8.49. The van der Waals surface area contributed by atoms with Gasteiger partial charge in [-0.3, -0.25) is 10.9 Å². The summed E-state index contributed by atoms with van der Waals surface area (Å²) in [6.45, 7) is 2.70. The summed E-state index contributed by atoms with van der Waals surface area (Å²) in [5, 5.41) is 14.0. The van der Waals surface area contributed by atoms with Crippen LogP contribution in [0.25, 0.3) is 0 Å². The smallest absolute Gasteiger partial charge is 0.186 e. The molecule has 0 unspecified atom stereocenters. The zero-order chi connectivity index (χ0) is 11.5. The molecule has 0 saturated carbocycles. The van der Waals surface area contributed by atoms with Crippen LogP contribution in [-0.4, -0.2) is 36.2 Å². The molecule has 0 aromatic carbocycles. The number of rotatable bonds is 4. The average molecular weight is 246 g/mol. The summed E-state index contributed by atoms with van der Waals surface area (Å²) >= 11 is 9.65. The van der Waals surface area contributed by atoms with Crippen LogP contribution < -0.4 is 21.5 Å². The van der Waals surface area contributed by atoms with Crippen LogP contribution in [0, 0.1) is 0 Å². The van der Waals surface area contributed by atoms with Gasteiger partial charge in [0, 0.05) is 13.6 Å². The van der Waals surface area contributed by atoms with Gasteiger partial charge < -0.3 is 10.6 Å². The Hall–Kier alpha value is -1.28. The standard InChI is InChI=1S/C7H14N6S2/c1-3-9-7(15)13-11-5-4-10-12-6(14)8-2/h4-5H,3H2,1-2H3,(H2,8,12,14)(H2,9,13,15)/b10-4+,11-5+. The van der Waals surface area contributed by atoms with Gasteiger partial charge in [-0.1, -0.05) is 0 Å². The van der Waals surface area contributed by atoms with Crippen molar-refractivity contribution in [2.45, 2.75) is 6.92 Å². The molecule has 0 bridgehead atoms. The summed E-state index contributed by atoms with van der Waals surface area (Å²) in [5.41, 5.74) is 5.18. The van der Waals surface area contributed by atoms with Crippen LogP contribution in [0.4, 0.5) is 0 Å². The lowest BCUT2D eigenvalue weighted by atomic mass is 10.7. The van der Waals surface area contributed by atoms with Gasteiger partial charge in [-0.2, -0.15) is 10.2 Å². The van der Waals surface area contributed by atoms with Crippen LogP contribution in [0.3, 0.4) is 0 Å². The Morgan fingerprint density at radius 3 is 2.13 bits per heavy atom. The van der Waals surface area contributed by atoms with Crippen LogP contribution in [0.1, 0.15) is 6.92 Å². The molecule has 0 saturated heterocycles. The third-order valence-electron chi connectivity index (χ3n) is 1.11. The van der Waals surface area contributed by atoms with Crippen LogP contribution in [0.15, 0.2) is 10.2 Å². The molecule has 0 rings (SSSR count). The molecule has 0 aliphatic heterocycles. The molecule has 4 N–H and O–H groups in total. The van der Waals surface area contributed by atoms with E-state index in [1.807, 2.05) is 6.92 Å². The second kappa shape index (κ2) is 9.28. The monoisotopic (exact) mass is 246 g/mol. The van der Waals surface area contributed by atoms with Crippen LogP contribution in [0.2, 0.25) is 0 Å². The zero-order valence-electron chi connectivity index (χ0n) is 8.57. The minimum absolute atomic E-state index is 0.441. The maximum atomic E-state index is 4.86. The predicted octanol–water partition coefficient (Wildman–Crippen LogP) is -0.464. The van der Waals surface area contributed by atoms with Gasteiger partial charge in [-0.15, -0.1) is 0 Å². The van der Waals surface area contributed by atoms with Crippen molar-refractivity contribution < 1.29 is 0 Å². The van der Waals surface area contributed by atoms with Gasteiger partial charge in [0.25, 0.3) is 0 Å². The van der Waals surface area contributed by atoms with Gasteiger partial charge in [0.05, 0.1) is 12.4 Å². The fraction of sp³-hybridized carbons (Fsp3) is 0.429. The van der Waals surface area contributed by atoms with E-state index in [1.165, 1.54) is 12.4 Å². The molecule has 8 heteroatoms. The second-order valence-corrected chi connectivity index (χ2v) is 3.04. The molecule has 0 radical (unpaired) electrons. The van der Waals surface area contributed by atoms with Crippen molar-refractivity contribution in [3.63, 3.8) is 0 Å². The first-order valence-corrected chi connectivity index (χ1v) is 5.08. The van der Waals surface area contributed by atoms with E-state index in [1.54, 1.807) is 7.05 Å². The lowest BCUT2D eigenvalue weighted by molar-refractivity contribution is 0.905. The SMILES string of the molecule is CCNC(=S)N/N=C/C=N/NC(=S)NC. The van der Waals surface area contributed by atoms with Crippen molar-refractivity contribution in [2.75, 3.05) is 13.6 Å². The zero-order valence-corrected chi connectivity index (χ0v) is 10.2. The van der Waals surface area contributed by atoms with Gasteiger partial charge in [0.15, 0.2) is 10.2 Å². The van der Waals surface area contributed by atoms with E-state index < -0.39 is 0 Å². The molecule has 0 aromatic rings. The molecular weight excluding hydrogens is 232 g/mol. The number of hydrogen-bond acceptors (Lipinski definition) is 4. The van der Waals surface area contributed by atoms with E-state index in [4.69, 9.17) is 24.4 Å². The number of hydrogen-bond donors (Lipinski definition) is 4. The highest BCUT2D eigenvalue weighted by Gasteiger charge is 1.85. The minimum Gasteiger partial charge on any atom is -0.364 e. The van der Waals surface area contributed by atoms with E-state index in [9.17, 15) is 0 Å². The highest BCUT2D eigenvalue weighted by atomic mass is 32.1. The summed E-state index contributed by atoms with van der Waals surface area (Å²) in [5.74, 6) is 0. The topological polar surface area (TPSA) is 72.8 Å². The average Bonchev–Trinajstić information content (AvgIpc) is 2.23. The van der Waals surface area contributed by atoms with Crippen molar-refractivity contribution in [3.8, 4) is 0 Å². The number of hydrazone groups is 2. The van der Waals surface area contributed by atoms with Gasteiger partial charge in [-0.05, 0) is 31.4 Å². The highest BCUT2D eigenvalue weighted by molar-refractivity contribution is 7.80. The molecule has 0 amide bonds. The maximum Gasteiger partial charge on any atom is 0.186 e. The van der Waals surface area contributed by atoms with Crippen molar-refractivity contribution in [1.82, 2.24) is 21.5 Å². The first kappa shape index (κ1) is 13.7. The summed E-state index contributed by atoms with van der Waals surface area (Å²) < 4.78 is 0. The summed E-state index contributed by atoms with van der Waals surface area (Å²) in [4.78, 5) is 0. The molecule has 0 heterocycles. The maximum absolute atomic E-state index is 4.86. The Bertz CT molecular complexity index is 262. The third-order valence-corrected chi connectivity index (χ3v) is 1.64. The molecule has 0 aliphatic rings. The summed E-state index contributed by atoms with van der Waals surface area (Å²) in [7, 11) is 1.70. The highest BCUT2D eigenvalue weighted by Crippen LogP contribution is 1.65. The van der Waals surface area contributed by atoms with Crippen LogP contribution >= 0.6 is 24.4 Å². The molecule has 15 heavy (non-hydrogen) atoms. The van der Waals surface area contributed by atoms with Crippen molar-refractivity contribution in [1.29, 1.82) is 0 Å². The van der Waals surface area contributed by atoms with Crippen LogP contribution in [-0.2, 0) is 0 Å². The molecule has 0 atom stereocenters. The largest absolute Gasteiger partial charge is 0.364 e.